The number of aromatic nitrogens is 4. The molecule has 22 heteroatoms. The molecule has 4 aliphatic rings. The molecule has 8 atom stereocenters. The van der Waals surface area contributed by atoms with E-state index in [2.05, 4.69) is 46.5 Å². The number of amides is 5. The Morgan fingerprint density at radius 1 is 0.646 bits per heavy atom. The minimum Gasteiger partial charge on any atom is -0.771 e. The van der Waals surface area contributed by atoms with Gasteiger partial charge in [0.25, 0.3) is 0 Å². The molecule has 7 N–H and O–H groups in total. The lowest BCUT2D eigenvalue weighted by molar-refractivity contribution is -0.128. The van der Waals surface area contributed by atoms with Gasteiger partial charge in [0.05, 0.1) is 50.2 Å². The van der Waals surface area contributed by atoms with Gasteiger partial charge < -0.3 is 31.1 Å². The lowest BCUT2D eigenvalue weighted by Crippen LogP contribution is -2.45. The molecule has 10 rings (SSSR count). The van der Waals surface area contributed by atoms with Gasteiger partial charge in [-0.25, -0.2) is 23.5 Å². The molecule has 432 valence electrons. The number of nitrogens with one attached hydrogen (secondary N) is 5. The molecule has 4 unspecified atom stereocenters. The van der Waals surface area contributed by atoms with Crippen LogP contribution in [0.1, 0.15) is 107 Å². The molecule has 2 aromatic carbocycles. The highest BCUT2D eigenvalue weighted by atomic mass is 35.5. The molecular formula is C60H66Cl2F2N11O6S-. The molecule has 3 saturated carbocycles. The first-order valence-electron chi connectivity index (χ1n) is 27.6. The maximum absolute atomic E-state index is 15.3. The van der Waals surface area contributed by atoms with E-state index in [9.17, 15) is 27.9 Å². The first kappa shape index (κ1) is 59.8. The summed E-state index contributed by atoms with van der Waals surface area (Å²) in [6.45, 7) is 4.33. The Morgan fingerprint density at radius 3 is 1.71 bits per heavy atom. The second-order valence-electron chi connectivity index (χ2n) is 22.2. The van der Waals surface area contributed by atoms with Crippen molar-refractivity contribution in [2.75, 3.05) is 33.7 Å². The number of likely N-dealkylation sites (tertiary alicyclic amines) is 1. The van der Waals surface area contributed by atoms with E-state index in [1.54, 1.807) is 73.3 Å². The van der Waals surface area contributed by atoms with Gasteiger partial charge in [-0.2, -0.15) is 0 Å². The number of pyridine rings is 4. The van der Waals surface area contributed by atoms with Crippen LogP contribution in [0.5, 0.6) is 0 Å². The maximum Gasteiger partial charge on any atom is 0.323 e. The minimum absolute atomic E-state index is 0.0320. The smallest absolute Gasteiger partial charge is 0.323 e. The first-order valence-corrected chi connectivity index (χ1v) is 29.6. The number of urea groups is 1. The quantitative estimate of drug-likeness (QED) is 0.0391. The maximum atomic E-state index is 15.3. The predicted molar refractivity (Wildman–Crippen MR) is 311 cm³/mol. The topological polar surface area (TPSA) is 249 Å². The third kappa shape index (κ3) is 15.1. The number of carbonyl (C=O) groups excluding carboxylic acids is 4. The highest BCUT2D eigenvalue weighted by Gasteiger charge is 2.43. The van der Waals surface area contributed by atoms with Crippen LogP contribution in [0.4, 0.5) is 36.6 Å². The van der Waals surface area contributed by atoms with Gasteiger partial charge in [-0.05, 0) is 175 Å². The molecule has 1 aliphatic heterocycles. The zero-order valence-corrected chi connectivity index (χ0v) is 47.8. The van der Waals surface area contributed by atoms with Crippen molar-refractivity contribution in [3.63, 3.8) is 0 Å². The van der Waals surface area contributed by atoms with E-state index < -0.39 is 69.5 Å². The summed E-state index contributed by atoms with van der Waals surface area (Å²) >= 11 is 9.40. The second-order valence-corrected chi connectivity index (χ2v) is 24.0. The number of carbonyl (C=O) groups is 4. The van der Waals surface area contributed by atoms with E-state index in [0.717, 1.165) is 36.8 Å². The number of hydrogen-bond donors (Lipinski definition) is 6. The van der Waals surface area contributed by atoms with E-state index in [1.165, 1.54) is 42.3 Å². The summed E-state index contributed by atoms with van der Waals surface area (Å²) in [5.41, 5.74) is 8.17. The second kappa shape index (κ2) is 26.6. The molecule has 5 amide bonds. The number of hydrogen-bond acceptors (Lipinski definition) is 12. The molecule has 1 saturated heterocycles. The molecule has 0 radical (unpaired) electrons. The van der Waals surface area contributed by atoms with Crippen LogP contribution in [-0.4, -0.2) is 75.8 Å². The lowest BCUT2D eigenvalue weighted by Gasteiger charge is -2.37. The van der Waals surface area contributed by atoms with Crippen molar-refractivity contribution >= 4 is 81.0 Å². The molecule has 0 bridgehead atoms. The van der Waals surface area contributed by atoms with Crippen molar-refractivity contribution in [3.05, 3.63) is 166 Å². The summed E-state index contributed by atoms with van der Waals surface area (Å²) in [6.07, 6.45) is 18.6. The highest BCUT2D eigenvalue weighted by molar-refractivity contribution is 7.79. The molecule has 5 heterocycles. The van der Waals surface area contributed by atoms with E-state index in [4.69, 9.17) is 28.9 Å². The summed E-state index contributed by atoms with van der Waals surface area (Å²) in [5, 5.41) is 15.0. The van der Waals surface area contributed by atoms with Crippen molar-refractivity contribution in [1.82, 2.24) is 30.2 Å². The largest absolute Gasteiger partial charge is 0.771 e. The van der Waals surface area contributed by atoms with E-state index >= 15 is 8.78 Å². The Labute approximate surface area is 488 Å². The van der Waals surface area contributed by atoms with Gasteiger partial charge >= 0.3 is 6.03 Å². The number of halogens is 4. The summed E-state index contributed by atoms with van der Waals surface area (Å²) in [4.78, 5) is 71.1. The molecule has 3 aliphatic carbocycles. The molecular weight excluding hydrogens is 1110 g/mol. The van der Waals surface area contributed by atoms with E-state index in [1.807, 2.05) is 38.1 Å². The SMILES string of the molecule is C[C@@H]1C[C@H](C(=O)Nc2cc(C(N)(CCC3CC3)c3ccncc3)ccc2F)N(C(=O)Nc2ccc(Cl)cn2)C1.C[C@H]1CC(C(=O)Nc2ccc(Cl)cn2)[C@@H](C(=O)Nc2cc(C(CCC3CC3)(NCS(=O)[O-])c3ccncc3)ccc2F)C1. The number of nitrogens with two attached hydrogens (primary N) is 1. The van der Waals surface area contributed by atoms with Gasteiger partial charge in [0.1, 0.15) is 29.3 Å². The normalized spacial score (nSPS) is 21.2. The fourth-order valence-electron chi connectivity index (χ4n) is 11.3. The summed E-state index contributed by atoms with van der Waals surface area (Å²) in [5.74, 6) is -1.99. The average molecular weight is 1180 g/mol. The Balaban J connectivity index is 0.000000198. The van der Waals surface area contributed by atoms with Crippen LogP contribution in [0, 0.1) is 47.1 Å². The van der Waals surface area contributed by atoms with Crippen molar-refractivity contribution in [2.24, 2.45) is 41.2 Å². The van der Waals surface area contributed by atoms with E-state index in [-0.39, 0.29) is 35.0 Å². The summed E-state index contributed by atoms with van der Waals surface area (Å²) in [7, 11) is 0. The Morgan fingerprint density at radius 2 is 1.16 bits per heavy atom. The average Bonchev–Trinajstić information content (AvgIpc) is 4.56. The monoisotopic (exact) mass is 1180 g/mol. The molecule has 6 aromatic rings. The Bertz CT molecular complexity index is 3240. The number of anilines is 4. The number of benzene rings is 2. The molecule has 0 spiro atoms. The van der Waals surface area contributed by atoms with Crippen molar-refractivity contribution in [2.45, 2.75) is 102 Å². The number of nitrogens with zero attached hydrogens (tertiary/aromatic N) is 5. The highest BCUT2D eigenvalue weighted by Crippen LogP contribution is 2.44. The van der Waals surface area contributed by atoms with Crippen LogP contribution in [0.2, 0.25) is 10.0 Å². The van der Waals surface area contributed by atoms with Gasteiger partial charge in [0.2, 0.25) is 17.7 Å². The van der Waals surface area contributed by atoms with Crippen molar-refractivity contribution in [3.8, 4) is 0 Å². The fourth-order valence-corrected chi connectivity index (χ4v) is 11.8. The van der Waals surface area contributed by atoms with Gasteiger partial charge in [-0.1, -0.05) is 74.9 Å². The zero-order chi connectivity index (χ0) is 58.1. The van der Waals surface area contributed by atoms with Crippen LogP contribution in [0.25, 0.3) is 0 Å². The van der Waals surface area contributed by atoms with Crippen LogP contribution in [0.3, 0.4) is 0 Å². The predicted octanol–water partition coefficient (Wildman–Crippen LogP) is 10.9. The Kier molecular flexibility index (Phi) is 19.4. The van der Waals surface area contributed by atoms with Gasteiger partial charge in [0, 0.05) is 43.7 Å². The molecule has 4 fully saturated rings. The number of rotatable bonds is 20. The fraction of sp³-hybridized carbons (Fsp3) is 0.400. The third-order valence-corrected chi connectivity index (χ3v) is 16.9. The molecule has 4 aromatic heterocycles. The van der Waals surface area contributed by atoms with Gasteiger partial charge in [-0.15, -0.1) is 0 Å². The summed E-state index contributed by atoms with van der Waals surface area (Å²) in [6, 6.07) is 21.6. The van der Waals surface area contributed by atoms with Crippen LogP contribution in [0.15, 0.2) is 122 Å². The van der Waals surface area contributed by atoms with Crippen molar-refractivity contribution < 1.29 is 36.7 Å². The summed E-state index contributed by atoms with van der Waals surface area (Å²) < 4.78 is 53.6. The van der Waals surface area contributed by atoms with Crippen LogP contribution < -0.4 is 32.3 Å². The third-order valence-electron chi connectivity index (χ3n) is 16.1. The van der Waals surface area contributed by atoms with Gasteiger partial charge in [0.15, 0.2) is 0 Å². The lowest BCUT2D eigenvalue weighted by atomic mass is 9.78. The zero-order valence-electron chi connectivity index (χ0n) is 45.5. The van der Waals surface area contributed by atoms with Crippen LogP contribution >= 0.6 is 23.2 Å². The standard InChI is InChI=1S/C31H35ClFN5O4S.C29H32ClFN6O2/c1-19-14-24(25(15-19)30(40)38-28-7-5-23(32)17-35-28)29(39)37-27-16-22(4-6-26(27)33)31(36-18-43(41)42,11-8-20-2-3-20)21-9-12-34-13-10-21;1-18-14-25(37(17-18)28(39)36-26-7-5-22(30)16-34-26)27(38)35-24-15-21(4-6-23(24)31)29(32,11-8-19-2-3-19)20-9-12-33-13-10-20/h4-7,9-10,12-13,16-17,19-20,24-25,36H,2-3,8,11,14-15,18H2,1H3,(H,37,39)(H,41,42)(H,35,38,40);4-7,9-10,12-13,15-16,18-19,25H,2-3,8,11,14,17,32H2,1H3,(H,35,38)(H,34,36,39)/p-1/t19-,24+,25?,31?;18-,25-,29?/m11/s1. The first-order chi connectivity index (χ1) is 39.4. The van der Waals surface area contributed by atoms with Crippen LogP contribution in [-0.2, 0) is 36.5 Å². The van der Waals surface area contributed by atoms with Gasteiger partial charge in [-0.3, -0.25) is 39.2 Å². The molecule has 82 heavy (non-hydrogen) atoms. The Hall–Kier alpha value is -6.81. The minimum atomic E-state index is -2.38. The van der Waals surface area contributed by atoms with E-state index in [0.29, 0.717) is 83.3 Å². The molecule has 17 nitrogen and oxygen atoms in total. The van der Waals surface area contributed by atoms with Crippen molar-refractivity contribution in [1.29, 1.82) is 0 Å².